The molecule has 0 saturated heterocycles. The van der Waals surface area contributed by atoms with Crippen molar-refractivity contribution < 1.29 is 17.9 Å². The lowest BCUT2D eigenvalue weighted by Gasteiger charge is -2.19. The van der Waals surface area contributed by atoms with Gasteiger partial charge in [-0.2, -0.15) is 0 Å². The minimum absolute atomic E-state index is 0.0244. The Labute approximate surface area is 142 Å². The van der Waals surface area contributed by atoms with E-state index in [0.29, 0.717) is 11.4 Å². The molecule has 0 aliphatic carbocycles. The number of hydrogen-bond acceptors (Lipinski definition) is 5. The lowest BCUT2D eigenvalue weighted by atomic mass is 10.0. The number of ether oxygens (including phenoxy) is 1. The quantitative estimate of drug-likeness (QED) is 0.829. The second-order valence-electron chi connectivity index (χ2n) is 6.21. The molecule has 6 nitrogen and oxygen atoms in total. The van der Waals surface area contributed by atoms with Gasteiger partial charge in [0.2, 0.25) is 0 Å². The predicted octanol–water partition coefficient (Wildman–Crippen LogP) is 3.21. The van der Waals surface area contributed by atoms with Gasteiger partial charge in [0.25, 0.3) is 0 Å². The van der Waals surface area contributed by atoms with Crippen LogP contribution in [0.2, 0.25) is 0 Å². The zero-order chi connectivity index (χ0) is 17.7. The summed E-state index contributed by atoms with van der Waals surface area (Å²) in [5, 5.41) is 2.55. The van der Waals surface area contributed by atoms with Crippen molar-refractivity contribution in [3.05, 3.63) is 48.2 Å². The molecule has 1 aromatic heterocycles. The lowest BCUT2D eigenvalue weighted by Crippen LogP contribution is -2.27. The number of aromatic nitrogens is 1. The Kier molecular flexibility index (Phi) is 5.56. The van der Waals surface area contributed by atoms with E-state index in [2.05, 4.69) is 10.3 Å². The minimum atomic E-state index is -2.51. The van der Waals surface area contributed by atoms with Crippen LogP contribution in [0.25, 0.3) is 11.1 Å². The summed E-state index contributed by atoms with van der Waals surface area (Å²) in [6.45, 7) is 5.34. The average Bonchev–Trinajstić information content (AvgIpc) is 2.46. The van der Waals surface area contributed by atoms with E-state index in [1.165, 1.54) is 0 Å². The molecule has 0 spiro atoms. The lowest BCUT2D eigenvalue weighted by molar-refractivity contribution is 0.0635. The van der Waals surface area contributed by atoms with Crippen LogP contribution in [0.1, 0.15) is 26.3 Å². The van der Waals surface area contributed by atoms with Crippen LogP contribution in [0.4, 0.5) is 10.6 Å². The number of carbonyl (C=O) groups is 1. The van der Waals surface area contributed by atoms with Gasteiger partial charge in [-0.3, -0.25) is 5.32 Å². The number of amides is 1. The van der Waals surface area contributed by atoms with Gasteiger partial charge in [0, 0.05) is 11.8 Å². The summed E-state index contributed by atoms with van der Waals surface area (Å²) in [4.78, 5) is 15.9. The second kappa shape index (κ2) is 7.44. The fourth-order valence-electron chi connectivity index (χ4n) is 2.11. The van der Waals surface area contributed by atoms with Crippen LogP contribution in [0, 0.1) is 0 Å². The van der Waals surface area contributed by atoms with Crippen molar-refractivity contribution in [2.75, 3.05) is 5.32 Å². The van der Waals surface area contributed by atoms with Crippen molar-refractivity contribution in [3.63, 3.8) is 0 Å². The molecule has 0 aliphatic heterocycles. The molecule has 0 atom stereocenters. The summed E-state index contributed by atoms with van der Waals surface area (Å²) in [5.74, 6) is 0.337. The molecule has 2 aromatic rings. The molecular weight excluding hydrogens is 328 g/mol. The molecule has 0 saturated carbocycles. The van der Waals surface area contributed by atoms with Crippen LogP contribution in [0.3, 0.4) is 0 Å². The van der Waals surface area contributed by atoms with Gasteiger partial charge in [0.15, 0.2) is 0 Å². The first-order chi connectivity index (χ1) is 11.2. The number of anilines is 1. The Balaban J connectivity index is 2.17. The first kappa shape index (κ1) is 17.9. The van der Waals surface area contributed by atoms with Gasteiger partial charge in [-0.1, -0.05) is 24.3 Å². The largest absolute Gasteiger partial charge is 0.444 e. The number of rotatable bonds is 4. The fourth-order valence-corrected chi connectivity index (χ4v) is 2.67. The van der Waals surface area contributed by atoms with E-state index < -0.39 is 22.4 Å². The van der Waals surface area contributed by atoms with E-state index in [1.54, 1.807) is 51.2 Å². The number of nitrogens with one attached hydrogen (secondary N) is 1. The van der Waals surface area contributed by atoms with Crippen molar-refractivity contribution in [1.29, 1.82) is 0 Å². The van der Waals surface area contributed by atoms with Crippen molar-refractivity contribution in [2.45, 2.75) is 32.1 Å². The maximum atomic E-state index is 11.7. The smallest absolute Gasteiger partial charge is 0.413 e. The third-order valence-electron chi connectivity index (χ3n) is 3.02. The molecule has 1 heterocycles. The Morgan fingerprint density at radius 3 is 2.46 bits per heavy atom. The Morgan fingerprint density at radius 2 is 1.88 bits per heavy atom. The highest BCUT2D eigenvalue weighted by atomic mass is 32.2. The topological polar surface area (TPSA) is 85.4 Å². The Morgan fingerprint density at radius 1 is 1.17 bits per heavy atom. The highest BCUT2D eigenvalue weighted by Gasteiger charge is 2.16. The SMILES string of the molecule is CC(C)(C)OC(=O)Nc1ccc(-c2ccccc2C[SH](=O)=O)cn1. The molecule has 0 bridgehead atoms. The van der Waals surface area contributed by atoms with Crippen molar-refractivity contribution in [1.82, 2.24) is 4.98 Å². The van der Waals surface area contributed by atoms with Gasteiger partial charge in [0.1, 0.15) is 22.1 Å². The maximum absolute atomic E-state index is 11.7. The summed E-state index contributed by atoms with van der Waals surface area (Å²) >= 11 is 0. The summed E-state index contributed by atoms with van der Waals surface area (Å²) in [5.41, 5.74) is 1.70. The summed E-state index contributed by atoms with van der Waals surface area (Å²) in [6.07, 6.45) is 1.01. The van der Waals surface area contributed by atoms with Gasteiger partial charge in [-0.15, -0.1) is 0 Å². The number of carbonyl (C=O) groups excluding carboxylic acids is 1. The molecule has 1 aromatic carbocycles. The predicted molar refractivity (Wildman–Crippen MR) is 93.5 cm³/mol. The Bertz CT molecular complexity index is 785. The summed E-state index contributed by atoms with van der Waals surface area (Å²) in [6, 6.07) is 10.7. The van der Waals surface area contributed by atoms with Crippen LogP contribution in [0.5, 0.6) is 0 Å². The molecule has 1 amide bonds. The standard InChI is InChI=1S/C17H20N2O4S/c1-17(2,3)23-16(20)19-15-9-8-12(10-18-15)14-7-5-4-6-13(14)11-24(21)22/h4-10,24H,11H2,1-3H3,(H,18,19,20). The van der Waals surface area contributed by atoms with E-state index >= 15 is 0 Å². The number of thiol groups is 1. The molecule has 0 aliphatic rings. The second-order valence-corrected chi connectivity index (χ2v) is 7.19. The van der Waals surface area contributed by atoms with E-state index in [1.807, 2.05) is 12.1 Å². The van der Waals surface area contributed by atoms with E-state index in [0.717, 1.165) is 11.1 Å². The number of nitrogens with zero attached hydrogens (tertiary/aromatic N) is 1. The molecular formula is C17H20N2O4S. The number of pyridine rings is 1. The fraction of sp³-hybridized carbons (Fsp3) is 0.294. The molecule has 0 unspecified atom stereocenters. The van der Waals surface area contributed by atoms with E-state index in [-0.39, 0.29) is 5.75 Å². The van der Waals surface area contributed by atoms with Gasteiger partial charge >= 0.3 is 6.09 Å². The highest BCUT2D eigenvalue weighted by Crippen LogP contribution is 2.24. The highest BCUT2D eigenvalue weighted by molar-refractivity contribution is 7.71. The monoisotopic (exact) mass is 348 g/mol. The van der Waals surface area contributed by atoms with Crippen LogP contribution >= 0.6 is 0 Å². The van der Waals surface area contributed by atoms with E-state index in [9.17, 15) is 13.2 Å². The minimum Gasteiger partial charge on any atom is -0.444 e. The van der Waals surface area contributed by atoms with E-state index in [4.69, 9.17) is 4.74 Å². The number of hydrogen-bond donors (Lipinski definition) is 2. The molecule has 7 heteroatoms. The molecule has 2 rings (SSSR count). The Hall–Kier alpha value is -2.41. The van der Waals surface area contributed by atoms with Crippen molar-refractivity contribution in [3.8, 4) is 11.1 Å². The van der Waals surface area contributed by atoms with Crippen molar-refractivity contribution in [2.24, 2.45) is 0 Å². The average molecular weight is 348 g/mol. The van der Waals surface area contributed by atoms with Gasteiger partial charge in [0.05, 0.1) is 5.75 Å². The third-order valence-corrected chi connectivity index (χ3v) is 3.62. The maximum Gasteiger partial charge on any atom is 0.413 e. The molecule has 0 fully saturated rings. The van der Waals surface area contributed by atoms with Gasteiger partial charge in [-0.05, 0) is 44.0 Å². The molecule has 128 valence electrons. The zero-order valence-electron chi connectivity index (χ0n) is 13.8. The van der Waals surface area contributed by atoms with Crippen molar-refractivity contribution >= 4 is 22.6 Å². The first-order valence-corrected chi connectivity index (χ1v) is 8.77. The van der Waals surface area contributed by atoms with Crippen LogP contribution in [0.15, 0.2) is 42.6 Å². The van der Waals surface area contributed by atoms with Crippen LogP contribution in [-0.4, -0.2) is 25.1 Å². The number of benzene rings is 1. The van der Waals surface area contributed by atoms with Crippen LogP contribution in [-0.2, 0) is 21.2 Å². The molecule has 24 heavy (non-hydrogen) atoms. The van der Waals surface area contributed by atoms with Gasteiger partial charge in [-0.25, -0.2) is 18.2 Å². The molecule has 1 N–H and O–H groups in total. The van der Waals surface area contributed by atoms with Gasteiger partial charge < -0.3 is 4.74 Å². The third kappa shape index (κ3) is 5.34. The summed E-state index contributed by atoms with van der Waals surface area (Å²) < 4.78 is 27.2. The normalized spacial score (nSPS) is 11.3. The summed E-state index contributed by atoms with van der Waals surface area (Å²) in [7, 11) is -2.51. The zero-order valence-corrected chi connectivity index (χ0v) is 14.7. The first-order valence-electron chi connectivity index (χ1n) is 7.41. The molecule has 0 radical (unpaired) electrons. The van der Waals surface area contributed by atoms with Crippen LogP contribution < -0.4 is 5.32 Å².